The normalized spacial score (nSPS) is 14.8. The second-order valence-corrected chi connectivity index (χ2v) is 6.46. The Morgan fingerprint density at radius 3 is 2.47 bits per heavy atom. The van der Waals surface area contributed by atoms with Crippen LogP contribution in [0.25, 0.3) is 0 Å². The molecule has 0 radical (unpaired) electrons. The van der Waals surface area contributed by atoms with Gasteiger partial charge in [0.05, 0.1) is 13.4 Å². The van der Waals surface area contributed by atoms with E-state index in [0.717, 1.165) is 12.0 Å². The van der Waals surface area contributed by atoms with E-state index in [4.69, 9.17) is 4.74 Å². The maximum absolute atomic E-state index is 11.3. The van der Waals surface area contributed by atoms with Gasteiger partial charge in [0, 0.05) is 16.1 Å². The molecule has 0 fully saturated rings. The summed E-state index contributed by atoms with van der Waals surface area (Å²) in [5.74, 6) is 0.227. The van der Waals surface area contributed by atoms with E-state index >= 15 is 0 Å². The molecule has 0 bridgehead atoms. The summed E-state index contributed by atoms with van der Waals surface area (Å²) in [7, 11) is 1.65. The third-order valence-corrected chi connectivity index (χ3v) is 4.65. The molecule has 104 valence electrons. The number of hydrogen-bond donors (Lipinski definition) is 0. The highest BCUT2D eigenvalue weighted by Crippen LogP contribution is 2.41. The monoisotopic (exact) mass is 278 g/mol. The van der Waals surface area contributed by atoms with Crippen molar-refractivity contribution in [2.75, 3.05) is 7.11 Å². The first-order valence-electron chi connectivity index (χ1n) is 6.41. The molecule has 0 amide bonds. The minimum Gasteiger partial charge on any atom is -0.504 e. The van der Waals surface area contributed by atoms with Crippen LogP contribution in [-0.2, 0) is 9.53 Å². The fourth-order valence-electron chi connectivity index (χ4n) is 1.79. The van der Waals surface area contributed by atoms with Crippen LogP contribution < -0.4 is 0 Å². The van der Waals surface area contributed by atoms with E-state index in [9.17, 15) is 4.79 Å². The van der Waals surface area contributed by atoms with Crippen LogP contribution in [-0.4, -0.2) is 17.6 Å². The fourth-order valence-corrected chi connectivity index (χ4v) is 3.02. The van der Waals surface area contributed by atoms with E-state index in [2.05, 4.69) is 26.0 Å². The van der Waals surface area contributed by atoms with Gasteiger partial charge in [-0.25, -0.2) is 0 Å². The Labute approximate surface area is 120 Å². The Bertz CT molecular complexity index is 439. The smallest absolute Gasteiger partial charge is 0.129 e. The molecule has 1 aromatic carbocycles. The predicted octanol–water partition coefficient (Wildman–Crippen LogP) is 4.46. The van der Waals surface area contributed by atoms with Crippen LogP contribution in [0.1, 0.15) is 33.6 Å². The zero-order valence-corrected chi connectivity index (χ0v) is 12.9. The van der Waals surface area contributed by atoms with Gasteiger partial charge in [-0.2, -0.15) is 0 Å². The minimum atomic E-state index is -0.122. The first-order valence-corrected chi connectivity index (χ1v) is 7.23. The second kappa shape index (κ2) is 7.39. The molecule has 1 unspecified atom stereocenters. The molecule has 0 N–H and O–H groups in total. The van der Waals surface area contributed by atoms with Gasteiger partial charge >= 0.3 is 0 Å². The topological polar surface area (TPSA) is 26.3 Å². The van der Waals surface area contributed by atoms with Crippen LogP contribution in [0.3, 0.4) is 0 Å². The van der Waals surface area contributed by atoms with E-state index in [1.165, 1.54) is 4.90 Å². The van der Waals surface area contributed by atoms with Gasteiger partial charge < -0.3 is 9.53 Å². The van der Waals surface area contributed by atoms with Crippen LogP contribution in [0.15, 0.2) is 47.1 Å². The molecule has 0 saturated heterocycles. The summed E-state index contributed by atoms with van der Waals surface area (Å²) in [6.07, 6.45) is 3.18. The largest absolute Gasteiger partial charge is 0.504 e. The SMILES string of the molecule is COC=C(C)C(C)(CCC(C)=O)Sc1ccccc1. The molecule has 0 aromatic heterocycles. The lowest BCUT2D eigenvalue weighted by Crippen LogP contribution is -2.23. The molecular formula is C16H22O2S. The van der Waals surface area contributed by atoms with Crippen molar-refractivity contribution in [1.29, 1.82) is 0 Å². The first kappa shape index (κ1) is 15.8. The van der Waals surface area contributed by atoms with Gasteiger partial charge in [0.25, 0.3) is 0 Å². The van der Waals surface area contributed by atoms with Gasteiger partial charge in [-0.15, -0.1) is 11.8 Å². The van der Waals surface area contributed by atoms with Crippen LogP contribution >= 0.6 is 11.8 Å². The standard InChI is InChI=1S/C16H22O2S/c1-13(12-18-4)16(3,11-10-14(2)17)19-15-8-6-5-7-9-15/h5-9,12H,10-11H2,1-4H3. The molecule has 0 spiro atoms. The predicted molar refractivity (Wildman–Crippen MR) is 81.4 cm³/mol. The number of hydrogen-bond acceptors (Lipinski definition) is 3. The zero-order chi connectivity index (χ0) is 14.3. The molecule has 1 aromatic rings. The van der Waals surface area contributed by atoms with E-state index in [1.54, 1.807) is 32.1 Å². The van der Waals surface area contributed by atoms with Crippen LogP contribution in [0.4, 0.5) is 0 Å². The highest BCUT2D eigenvalue weighted by atomic mass is 32.2. The van der Waals surface area contributed by atoms with Crippen LogP contribution in [0.5, 0.6) is 0 Å². The Morgan fingerprint density at radius 2 is 1.95 bits per heavy atom. The van der Waals surface area contributed by atoms with Crippen molar-refractivity contribution in [3.8, 4) is 0 Å². The summed E-state index contributed by atoms with van der Waals surface area (Å²) < 4.78 is 5.01. The molecular weight excluding hydrogens is 256 g/mol. The van der Waals surface area contributed by atoms with Gasteiger partial charge in [0.1, 0.15) is 5.78 Å². The van der Waals surface area contributed by atoms with Crippen molar-refractivity contribution in [2.24, 2.45) is 0 Å². The van der Waals surface area contributed by atoms with Gasteiger partial charge in [-0.3, -0.25) is 0 Å². The number of ether oxygens (including phenoxy) is 1. The summed E-state index contributed by atoms with van der Waals surface area (Å²) in [5, 5.41) is 0. The average Bonchev–Trinajstić information content (AvgIpc) is 2.38. The fraction of sp³-hybridized carbons (Fsp3) is 0.438. The number of thioether (sulfide) groups is 1. The number of ketones is 1. The van der Waals surface area contributed by atoms with Gasteiger partial charge in [-0.1, -0.05) is 18.2 Å². The van der Waals surface area contributed by atoms with Crippen molar-refractivity contribution in [1.82, 2.24) is 0 Å². The second-order valence-electron chi connectivity index (χ2n) is 4.88. The lowest BCUT2D eigenvalue weighted by Gasteiger charge is -2.29. The van der Waals surface area contributed by atoms with Crippen molar-refractivity contribution in [3.63, 3.8) is 0 Å². The van der Waals surface area contributed by atoms with Crippen LogP contribution in [0, 0.1) is 0 Å². The van der Waals surface area contributed by atoms with E-state index < -0.39 is 0 Å². The molecule has 3 heteroatoms. The molecule has 0 aliphatic rings. The lowest BCUT2D eigenvalue weighted by atomic mass is 9.96. The minimum absolute atomic E-state index is 0.122. The van der Waals surface area contributed by atoms with Crippen molar-refractivity contribution in [3.05, 3.63) is 42.2 Å². The zero-order valence-electron chi connectivity index (χ0n) is 12.1. The maximum Gasteiger partial charge on any atom is 0.129 e. The number of carbonyl (C=O) groups excluding carboxylic acids is 1. The highest BCUT2D eigenvalue weighted by molar-refractivity contribution is 8.00. The number of methoxy groups -OCH3 is 1. The molecule has 1 atom stereocenters. The number of rotatable bonds is 7. The molecule has 0 heterocycles. The maximum atomic E-state index is 11.3. The molecule has 1 rings (SSSR count). The summed E-state index contributed by atoms with van der Waals surface area (Å²) in [6, 6.07) is 10.3. The van der Waals surface area contributed by atoms with Crippen LogP contribution in [0.2, 0.25) is 0 Å². The highest BCUT2D eigenvalue weighted by Gasteiger charge is 2.28. The van der Waals surface area contributed by atoms with Gasteiger partial charge in [-0.05, 0) is 44.9 Å². The average molecular weight is 278 g/mol. The lowest BCUT2D eigenvalue weighted by molar-refractivity contribution is -0.117. The Kier molecular flexibility index (Phi) is 6.16. The summed E-state index contributed by atoms with van der Waals surface area (Å²) in [4.78, 5) is 12.5. The van der Waals surface area contributed by atoms with Gasteiger partial charge in [0.2, 0.25) is 0 Å². The van der Waals surface area contributed by atoms with Crippen molar-refractivity contribution >= 4 is 17.5 Å². The van der Waals surface area contributed by atoms with Gasteiger partial charge in [0.15, 0.2) is 0 Å². The summed E-state index contributed by atoms with van der Waals surface area (Å²) >= 11 is 1.78. The third-order valence-electron chi connectivity index (χ3n) is 3.17. The van der Waals surface area contributed by atoms with E-state index in [-0.39, 0.29) is 10.5 Å². The first-order chi connectivity index (χ1) is 8.98. The molecule has 0 saturated carbocycles. The number of carbonyl (C=O) groups is 1. The Morgan fingerprint density at radius 1 is 1.32 bits per heavy atom. The number of benzene rings is 1. The van der Waals surface area contributed by atoms with E-state index in [1.807, 2.05) is 18.2 Å². The van der Waals surface area contributed by atoms with E-state index in [0.29, 0.717) is 6.42 Å². The Balaban J connectivity index is 2.91. The van der Waals surface area contributed by atoms with Crippen molar-refractivity contribution < 1.29 is 9.53 Å². The number of Topliss-reactive ketones (excluding diaryl/α,β-unsaturated/α-hetero) is 1. The van der Waals surface area contributed by atoms with Crippen molar-refractivity contribution in [2.45, 2.75) is 43.3 Å². The molecule has 0 aliphatic heterocycles. The molecule has 2 nitrogen and oxygen atoms in total. The summed E-state index contributed by atoms with van der Waals surface area (Å²) in [5.41, 5.74) is 1.14. The third kappa shape index (κ3) is 5.11. The molecule has 0 aliphatic carbocycles. The Hall–Kier alpha value is -1.22. The quantitative estimate of drug-likeness (QED) is 0.544. The summed E-state index contributed by atoms with van der Waals surface area (Å²) in [6.45, 7) is 5.86. The molecule has 19 heavy (non-hydrogen) atoms.